The Hall–Kier alpha value is -1.84. The molecule has 0 bridgehead atoms. The zero-order valence-electron chi connectivity index (χ0n) is 12.8. The molecule has 0 aliphatic carbocycles. The molecule has 0 unspecified atom stereocenters. The summed E-state index contributed by atoms with van der Waals surface area (Å²) in [5.74, 6) is 0.973. The lowest BCUT2D eigenvalue weighted by Crippen LogP contribution is -2.37. The van der Waals surface area contributed by atoms with Crippen molar-refractivity contribution in [3.05, 3.63) is 65.7 Å². The number of aliphatic hydroxyl groups is 1. The first-order chi connectivity index (χ1) is 10.8. The summed E-state index contributed by atoms with van der Waals surface area (Å²) in [5.41, 5.74) is 2.28. The van der Waals surface area contributed by atoms with Crippen LogP contribution in [0.4, 0.5) is 0 Å². The number of nitrogens with zero attached hydrogens (tertiary/aromatic N) is 1. The Morgan fingerprint density at radius 2 is 1.55 bits per heavy atom. The van der Waals surface area contributed by atoms with Crippen molar-refractivity contribution >= 4 is 0 Å². The monoisotopic (exact) mass is 297 g/mol. The quantitative estimate of drug-likeness (QED) is 0.920. The largest absolute Gasteiger partial charge is 0.490 e. The molecule has 22 heavy (non-hydrogen) atoms. The minimum Gasteiger partial charge on any atom is -0.490 e. The molecule has 1 aliphatic heterocycles. The standard InChI is InChI=1S/C19H23NO2/c21-15-17-8-6-16(7-9-17)14-20-12-10-19(11-13-20)22-18-4-2-1-3-5-18/h1-9,19,21H,10-15H2. The van der Waals surface area contributed by atoms with Crippen LogP contribution in [-0.2, 0) is 13.2 Å². The zero-order valence-corrected chi connectivity index (χ0v) is 12.8. The molecule has 0 atom stereocenters. The van der Waals surface area contributed by atoms with E-state index in [1.807, 2.05) is 42.5 Å². The fourth-order valence-electron chi connectivity index (χ4n) is 2.89. The van der Waals surface area contributed by atoms with Crippen LogP contribution < -0.4 is 4.74 Å². The molecular weight excluding hydrogens is 274 g/mol. The van der Waals surface area contributed by atoms with Gasteiger partial charge in [-0.15, -0.1) is 0 Å². The second-order valence-electron chi connectivity index (χ2n) is 5.88. The van der Waals surface area contributed by atoms with Crippen molar-refractivity contribution < 1.29 is 9.84 Å². The van der Waals surface area contributed by atoms with E-state index < -0.39 is 0 Å². The SMILES string of the molecule is OCc1ccc(CN2CCC(Oc3ccccc3)CC2)cc1. The lowest BCUT2D eigenvalue weighted by molar-refractivity contribution is 0.0968. The molecular formula is C19H23NO2. The number of rotatable bonds is 5. The highest BCUT2D eigenvalue weighted by Crippen LogP contribution is 2.20. The minimum absolute atomic E-state index is 0.114. The normalized spacial score (nSPS) is 16.6. The Morgan fingerprint density at radius 1 is 0.909 bits per heavy atom. The van der Waals surface area contributed by atoms with Gasteiger partial charge in [0.1, 0.15) is 11.9 Å². The van der Waals surface area contributed by atoms with Crippen molar-refractivity contribution in [1.29, 1.82) is 0 Å². The average molecular weight is 297 g/mol. The summed E-state index contributed by atoms with van der Waals surface area (Å²) in [6.07, 6.45) is 2.48. The van der Waals surface area contributed by atoms with Gasteiger partial charge < -0.3 is 9.84 Å². The Balaban J connectivity index is 1.47. The Labute approximate surface area is 132 Å². The molecule has 3 nitrogen and oxygen atoms in total. The molecule has 0 saturated carbocycles. The van der Waals surface area contributed by atoms with E-state index in [2.05, 4.69) is 17.0 Å². The van der Waals surface area contributed by atoms with Gasteiger partial charge in [-0.05, 0) is 36.1 Å². The number of hydrogen-bond donors (Lipinski definition) is 1. The molecule has 3 heteroatoms. The number of likely N-dealkylation sites (tertiary alicyclic amines) is 1. The van der Waals surface area contributed by atoms with Gasteiger partial charge in [0.05, 0.1) is 6.61 Å². The Bertz CT molecular complexity index is 560. The van der Waals surface area contributed by atoms with Crippen LogP contribution in [0.1, 0.15) is 24.0 Å². The third kappa shape index (κ3) is 4.09. The van der Waals surface area contributed by atoms with Gasteiger partial charge in [-0.3, -0.25) is 4.90 Å². The summed E-state index contributed by atoms with van der Waals surface area (Å²) in [4.78, 5) is 2.47. The lowest BCUT2D eigenvalue weighted by Gasteiger charge is -2.32. The van der Waals surface area contributed by atoms with Gasteiger partial charge in [0.2, 0.25) is 0 Å². The molecule has 116 valence electrons. The van der Waals surface area contributed by atoms with Crippen molar-refractivity contribution in [2.24, 2.45) is 0 Å². The van der Waals surface area contributed by atoms with Crippen molar-refractivity contribution in [2.45, 2.75) is 32.1 Å². The van der Waals surface area contributed by atoms with Gasteiger partial charge in [0.25, 0.3) is 0 Å². The van der Waals surface area contributed by atoms with Crippen LogP contribution in [0.3, 0.4) is 0 Å². The highest BCUT2D eigenvalue weighted by atomic mass is 16.5. The molecule has 3 rings (SSSR count). The molecule has 1 N–H and O–H groups in total. The molecule has 1 fully saturated rings. The van der Waals surface area contributed by atoms with E-state index in [-0.39, 0.29) is 6.61 Å². The number of hydrogen-bond acceptors (Lipinski definition) is 3. The first kappa shape index (κ1) is 15.1. The molecule has 0 spiro atoms. The molecule has 0 radical (unpaired) electrons. The summed E-state index contributed by atoms with van der Waals surface area (Å²) in [6.45, 7) is 3.23. The zero-order chi connectivity index (χ0) is 15.2. The number of aliphatic hydroxyl groups excluding tert-OH is 1. The van der Waals surface area contributed by atoms with Crippen molar-refractivity contribution in [1.82, 2.24) is 4.90 Å². The molecule has 0 amide bonds. The third-order valence-corrected chi connectivity index (χ3v) is 4.19. The predicted molar refractivity (Wildman–Crippen MR) is 87.7 cm³/mol. The number of ether oxygens (including phenoxy) is 1. The first-order valence-electron chi connectivity index (χ1n) is 7.96. The number of para-hydroxylation sites is 1. The van der Waals surface area contributed by atoms with Gasteiger partial charge in [0.15, 0.2) is 0 Å². The van der Waals surface area contributed by atoms with E-state index in [0.717, 1.165) is 43.8 Å². The van der Waals surface area contributed by atoms with Crippen LogP contribution in [0.25, 0.3) is 0 Å². The van der Waals surface area contributed by atoms with Gasteiger partial charge in [-0.25, -0.2) is 0 Å². The number of benzene rings is 2. The van der Waals surface area contributed by atoms with Crippen LogP contribution in [-0.4, -0.2) is 29.2 Å². The van der Waals surface area contributed by atoms with Gasteiger partial charge in [-0.2, -0.15) is 0 Å². The fraction of sp³-hybridized carbons (Fsp3) is 0.368. The van der Waals surface area contributed by atoms with Crippen molar-refractivity contribution in [3.63, 3.8) is 0 Å². The molecule has 0 aromatic heterocycles. The first-order valence-corrected chi connectivity index (χ1v) is 7.96. The lowest BCUT2D eigenvalue weighted by atomic mass is 10.1. The second-order valence-corrected chi connectivity index (χ2v) is 5.88. The molecule has 2 aromatic rings. The highest BCUT2D eigenvalue weighted by molar-refractivity contribution is 5.22. The number of piperidine rings is 1. The second kappa shape index (κ2) is 7.43. The van der Waals surface area contributed by atoms with Crippen LogP contribution in [0.15, 0.2) is 54.6 Å². The van der Waals surface area contributed by atoms with Crippen LogP contribution in [0.5, 0.6) is 5.75 Å². The van der Waals surface area contributed by atoms with E-state index in [1.54, 1.807) is 0 Å². The van der Waals surface area contributed by atoms with Gasteiger partial charge in [-0.1, -0.05) is 42.5 Å². The maximum absolute atomic E-state index is 9.08. The topological polar surface area (TPSA) is 32.7 Å². The van der Waals surface area contributed by atoms with Crippen molar-refractivity contribution in [2.75, 3.05) is 13.1 Å². The average Bonchev–Trinajstić information content (AvgIpc) is 2.58. The third-order valence-electron chi connectivity index (χ3n) is 4.19. The van der Waals surface area contributed by atoms with E-state index in [9.17, 15) is 0 Å². The van der Waals surface area contributed by atoms with E-state index in [0.29, 0.717) is 6.10 Å². The summed E-state index contributed by atoms with van der Waals surface area (Å²) in [6, 6.07) is 18.3. The predicted octanol–water partition coefficient (Wildman–Crippen LogP) is 3.22. The minimum atomic E-state index is 0.114. The van der Waals surface area contributed by atoms with Gasteiger partial charge in [0, 0.05) is 19.6 Å². The summed E-state index contributed by atoms with van der Waals surface area (Å²) >= 11 is 0. The van der Waals surface area contributed by atoms with Crippen molar-refractivity contribution in [3.8, 4) is 5.75 Å². The smallest absolute Gasteiger partial charge is 0.119 e. The highest BCUT2D eigenvalue weighted by Gasteiger charge is 2.20. The molecule has 1 aliphatic rings. The maximum atomic E-state index is 9.08. The van der Waals surface area contributed by atoms with E-state index in [1.165, 1.54) is 5.56 Å². The molecule has 2 aromatic carbocycles. The van der Waals surface area contributed by atoms with E-state index in [4.69, 9.17) is 9.84 Å². The molecule has 1 saturated heterocycles. The van der Waals surface area contributed by atoms with Gasteiger partial charge >= 0.3 is 0 Å². The van der Waals surface area contributed by atoms with Crippen LogP contribution >= 0.6 is 0 Å². The maximum Gasteiger partial charge on any atom is 0.119 e. The Morgan fingerprint density at radius 3 is 2.18 bits per heavy atom. The van der Waals surface area contributed by atoms with E-state index >= 15 is 0 Å². The Kier molecular flexibility index (Phi) is 5.09. The molecule has 1 heterocycles. The van der Waals surface area contributed by atoms with Crippen LogP contribution in [0, 0.1) is 0 Å². The summed E-state index contributed by atoms with van der Waals surface area (Å²) < 4.78 is 6.03. The summed E-state index contributed by atoms with van der Waals surface area (Å²) in [7, 11) is 0. The fourth-order valence-corrected chi connectivity index (χ4v) is 2.89. The summed E-state index contributed by atoms with van der Waals surface area (Å²) in [5, 5.41) is 9.08. The van der Waals surface area contributed by atoms with Crippen LogP contribution in [0.2, 0.25) is 0 Å².